The van der Waals surface area contributed by atoms with E-state index in [1.807, 2.05) is 26.0 Å². The summed E-state index contributed by atoms with van der Waals surface area (Å²) in [6, 6.07) is 11.5. The van der Waals surface area contributed by atoms with Crippen LogP contribution in [0.15, 0.2) is 64.1 Å². The maximum absolute atomic E-state index is 13.4. The van der Waals surface area contributed by atoms with Gasteiger partial charge < -0.3 is 4.74 Å². The summed E-state index contributed by atoms with van der Waals surface area (Å²) in [5.74, 6) is 0.834. The summed E-state index contributed by atoms with van der Waals surface area (Å²) < 4.78 is 21.0. The molecule has 0 aliphatic heterocycles. The molecule has 35 heavy (non-hydrogen) atoms. The van der Waals surface area contributed by atoms with E-state index < -0.39 is 0 Å². The normalized spacial score (nSPS) is 11.5. The molecule has 0 spiro atoms. The standard InChI is InChI=1S/C27H26BrFN4O2/c1-16-14-31-21(20-10-11-30-26(32-20)27(3,4)5)13-22(16)33-17(2)12-23(24(28)25(33)34)35-15-18-6-8-19(29)9-7-18/h6-14H,15H2,1-5H3. The fourth-order valence-corrected chi connectivity index (χ4v) is 3.99. The lowest BCUT2D eigenvalue weighted by atomic mass is 9.95. The second-order valence-electron chi connectivity index (χ2n) is 9.39. The van der Waals surface area contributed by atoms with Crippen molar-refractivity contribution in [2.24, 2.45) is 0 Å². The van der Waals surface area contributed by atoms with Crippen molar-refractivity contribution in [1.82, 2.24) is 19.5 Å². The minimum atomic E-state index is -0.308. The largest absolute Gasteiger partial charge is 0.487 e. The average molecular weight is 537 g/mol. The number of rotatable bonds is 5. The van der Waals surface area contributed by atoms with Crippen LogP contribution in [0.1, 0.15) is 43.4 Å². The van der Waals surface area contributed by atoms with Gasteiger partial charge in [0.2, 0.25) is 0 Å². The highest BCUT2D eigenvalue weighted by Crippen LogP contribution is 2.28. The van der Waals surface area contributed by atoms with Gasteiger partial charge in [-0.15, -0.1) is 0 Å². The zero-order valence-corrected chi connectivity index (χ0v) is 21.9. The Morgan fingerprint density at radius 3 is 2.43 bits per heavy atom. The smallest absolute Gasteiger partial charge is 0.273 e. The summed E-state index contributed by atoms with van der Waals surface area (Å²) in [7, 11) is 0. The van der Waals surface area contributed by atoms with Gasteiger partial charge in [0.25, 0.3) is 5.56 Å². The van der Waals surface area contributed by atoms with E-state index in [0.717, 1.165) is 17.0 Å². The SMILES string of the molecule is Cc1cnc(-c2ccnc(C(C)(C)C)n2)cc1-n1c(C)cc(OCc2ccc(F)cc2)c(Br)c1=O. The van der Waals surface area contributed by atoms with E-state index >= 15 is 0 Å². The molecule has 0 amide bonds. The Hall–Kier alpha value is -3.39. The molecule has 180 valence electrons. The zero-order chi connectivity index (χ0) is 25.3. The maximum atomic E-state index is 13.4. The third-order valence-electron chi connectivity index (χ3n) is 5.51. The number of aromatic nitrogens is 4. The quantitative estimate of drug-likeness (QED) is 0.309. The van der Waals surface area contributed by atoms with E-state index in [2.05, 4.69) is 46.7 Å². The second kappa shape index (κ2) is 9.70. The van der Waals surface area contributed by atoms with Crippen LogP contribution in [-0.4, -0.2) is 19.5 Å². The Morgan fingerprint density at radius 2 is 1.74 bits per heavy atom. The molecule has 3 heterocycles. The average Bonchev–Trinajstić information content (AvgIpc) is 2.82. The highest BCUT2D eigenvalue weighted by Gasteiger charge is 2.19. The molecular formula is C27H26BrFN4O2. The first-order valence-corrected chi connectivity index (χ1v) is 11.9. The molecule has 0 unspecified atom stereocenters. The summed E-state index contributed by atoms with van der Waals surface area (Å²) in [6.07, 6.45) is 3.47. The fourth-order valence-electron chi connectivity index (χ4n) is 3.58. The minimum absolute atomic E-state index is 0.203. The molecular weight excluding hydrogens is 511 g/mol. The van der Waals surface area contributed by atoms with Gasteiger partial charge in [-0.1, -0.05) is 32.9 Å². The number of pyridine rings is 2. The summed E-state index contributed by atoms with van der Waals surface area (Å²) in [5, 5.41) is 0. The van der Waals surface area contributed by atoms with Gasteiger partial charge in [-0.3, -0.25) is 14.3 Å². The highest BCUT2D eigenvalue weighted by molar-refractivity contribution is 9.10. The molecule has 4 rings (SSSR count). The molecule has 0 bridgehead atoms. The number of nitrogens with zero attached hydrogens (tertiary/aromatic N) is 4. The number of hydrogen-bond acceptors (Lipinski definition) is 5. The fraction of sp³-hybridized carbons (Fsp3) is 0.259. The Morgan fingerprint density at radius 1 is 1.03 bits per heavy atom. The first-order valence-electron chi connectivity index (χ1n) is 11.1. The van der Waals surface area contributed by atoms with E-state index in [1.54, 1.807) is 35.2 Å². The Balaban J connectivity index is 1.72. The second-order valence-corrected chi connectivity index (χ2v) is 10.2. The van der Waals surface area contributed by atoms with Crippen molar-refractivity contribution in [3.63, 3.8) is 0 Å². The van der Waals surface area contributed by atoms with Crippen LogP contribution in [-0.2, 0) is 12.0 Å². The Labute approximate surface area is 212 Å². The minimum Gasteiger partial charge on any atom is -0.487 e. The molecule has 0 fully saturated rings. The van der Waals surface area contributed by atoms with Crippen molar-refractivity contribution in [2.45, 2.75) is 46.6 Å². The zero-order valence-electron chi connectivity index (χ0n) is 20.3. The molecule has 0 radical (unpaired) electrons. The van der Waals surface area contributed by atoms with Crippen LogP contribution < -0.4 is 10.3 Å². The van der Waals surface area contributed by atoms with Crippen molar-refractivity contribution < 1.29 is 9.13 Å². The molecule has 0 saturated carbocycles. The molecule has 0 aliphatic rings. The van der Waals surface area contributed by atoms with Gasteiger partial charge >= 0.3 is 0 Å². The summed E-state index contributed by atoms with van der Waals surface area (Å²) in [4.78, 5) is 27.0. The van der Waals surface area contributed by atoms with Crippen molar-refractivity contribution >= 4 is 15.9 Å². The van der Waals surface area contributed by atoms with Crippen LogP contribution in [0, 0.1) is 19.7 Å². The molecule has 0 aliphatic carbocycles. The van der Waals surface area contributed by atoms with Gasteiger partial charge in [-0.05, 0) is 65.2 Å². The third-order valence-corrected chi connectivity index (χ3v) is 6.24. The van der Waals surface area contributed by atoms with Crippen LogP contribution >= 0.6 is 15.9 Å². The van der Waals surface area contributed by atoms with Crippen LogP contribution in [0.3, 0.4) is 0 Å². The summed E-state index contributed by atoms with van der Waals surface area (Å²) >= 11 is 3.41. The van der Waals surface area contributed by atoms with Crippen LogP contribution in [0.5, 0.6) is 5.75 Å². The molecule has 0 saturated heterocycles. The highest BCUT2D eigenvalue weighted by atomic mass is 79.9. The first-order chi connectivity index (χ1) is 16.5. The molecule has 6 nitrogen and oxygen atoms in total. The number of aryl methyl sites for hydroxylation is 2. The lowest BCUT2D eigenvalue weighted by molar-refractivity contribution is 0.302. The maximum Gasteiger partial charge on any atom is 0.273 e. The number of ether oxygens (including phenoxy) is 1. The Kier molecular flexibility index (Phi) is 6.85. The van der Waals surface area contributed by atoms with Gasteiger partial charge in [0.15, 0.2) is 0 Å². The molecule has 8 heteroatoms. The van der Waals surface area contributed by atoms with Crippen LogP contribution in [0.4, 0.5) is 4.39 Å². The van der Waals surface area contributed by atoms with E-state index in [4.69, 9.17) is 9.72 Å². The van der Waals surface area contributed by atoms with E-state index in [0.29, 0.717) is 33.0 Å². The van der Waals surface area contributed by atoms with Gasteiger partial charge in [-0.25, -0.2) is 14.4 Å². The van der Waals surface area contributed by atoms with Crippen molar-refractivity contribution in [3.8, 4) is 22.8 Å². The summed E-state index contributed by atoms with van der Waals surface area (Å²) in [5.41, 5.74) is 3.94. The van der Waals surface area contributed by atoms with Gasteiger partial charge in [0.05, 0.1) is 17.1 Å². The molecule has 0 N–H and O–H groups in total. The van der Waals surface area contributed by atoms with E-state index in [9.17, 15) is 9.18 Å². The van der Waals surface area contributed by atoms with E-state index in [-0.39, 0.29) is 23.4 Å². The van der Waals surface area contributed by atoms with Crippen LogP contribution in [0.25, 0.3) is 17.1 Å². The topological polar surface area (TPSA) is 69.9 Å². The lowest BCUT2D eigenvalue weighted by Gasteiger charge is -2.18. The number of benzene rings is 1. The molecule has 0 atom stereocenters. The number of halogens is 2. The number of hydrogen-bond donors (Lipinski definition) is 0. The molecule has 4 aromatic rings. The van der Waals surface area contributed by atoms with Crippen molar-refractivity contribution in [2.75, 3.05) is 0 Å². The first kappa shape index (κ1) is 24.7. The monoisotopic (exact) mass is 536 g/mol. The third kappa shape index (κ3) is 5.32. The Bertz CT molecular complexity index is 1440. The summed E-state index contributed by atoms with van der Waals surface area (Å²) in [6.45, 7) is 10.1. The predicted octanol–water partition coefficient (Wildman–Crippen LogP) is 6.08. The van der Waals surface area contributed by atoms with Gasteiger partial charge in [-0.2, -0.15) is 0 Å². The van der Waals surface area contributed by atoms with Crippen LogP contribution in [0.2, 0.25) is 0 Å². The van der Waals surface area contributed by atoms with E-state index in [1.165, 1.54) is 12.1 Å². The van der Waals surface area contributed by atoms with Crippen molar-refractivity contribution in [1.29, 1.82) is 0 Å². The van der Waals surface area contributed by atoms with Gasteiger partial charge in [0, 0.05) is 29.6 Å². The molecule has 1 aromatic carbocycles. The molecule has 3 aromatic heterocycles. The predicted molar refractivity (Wildman–Crippen MR) is 137 cm³/mol. The van der Waals surface area contributed by atoms with Gasteiger partial charge in [0.1, 0.15) is 28.5 Å². The van der Waals surface area contributed by atoms with Crippen molar-refractivity contribution in [3.05, 3.63) is 98.1 Å². The lowest BCUT2D eigenvalue weighted by Crippen LogP contribution is -2.23.